The number of rotatable bonds is 5. The van der Waals surface area contributed by atoms with E-state index < -0.39 is 0 Å². The van der Waals surface area contributed by atoms with Gasteiger partial charge in [0.05, 0.1) is 44.0 Å². The monoisotopic (exact) mass is 396 g/mol. The van der Waals surface area contributed by atoms with Crippen molar-refractivity contribution < 1.29 is 14.3 Å². The Hall–Kier alpha value is -2.51. The molecule has 3 heterocycles. The summed E-state index contributed by atoms with van der Waals surface area (Å²) in [4.78, 5) is 25.9. The number of nitrogens with zero attached hydrogens (tertiary/aromatic N) is 4. The number of benzene rings is 1. The predicted molar refractivity (Wildman–Crippen MR) is 110 cm³/mol. The SMILES string of the molecule is COc1cccc(-c2cncc([C@@H]3CN(CC(=O)N4CCCCC4)CCO3)n2)c1. The molecule has 0 aliphatic carbocycles. The van der Waals surface area contributed by atoms with Gasteiger partial charge in [-0.3, -0.25) is 14.7 Å². The molecule has 154 valence electrons. The molecule has 1 aromatic heterocycles. The lowest BCUT2D eigenvalue weighted by atomic mass is 10.1. The number of amides is 1. The summed E-state index contributed by atoms with van der Waals surface area (Å²) in [7, 11) is 1.65. The fraction of sp³-hybridized carbons (Fsp3) is 0.500. The van der Waals surface area contributed by atoms with Gasteiger partial charge in [-0.2, -0.15) is 0 Å². The Balaban J connectivity index is 1.43. The second-order valence-corrected chi connectivity index (χ2v) is 7.60. The average molecular weight is 396 g/mol. The quantitative estimate of drug-likeness (QED) is 0.774. The number of aromatic nitrogens is 2. The van der Waals surface area contributed by atoms with E-state index in [1.165, 1.54) is 6.42 Å². The van der Waals surface area contributed by atoms with E-state index in [2.05, 4.69) is 9.88 Å². The molecule has 0 spiro atoms. The van der Waals surface area contributed by atoms with Crippen LogP contribution in [0, 0.1) is 0 Å². The van der Waals surface area contributed by atoms with Gasteiger partial charge in [-0.15, -0.1) is 0 Å². The maximum atomic E-state index is 12.6. The Labute approximate surface area is 171 Å². The van der Waals surface area contributed by atoms with Crippen LogP contribution < -0.4 is 4.74 Å². The van der Waals surface area contributed by atoms with Crippen molar-refractivity contribution >= 4 is 5.91 Å². The van der Waals surface area contributed by atoms with Crippen LogP contribution in [0.25, 0.3) is 11.3 Å². The Morgan fingerprint density at radius 1 is 1.21 bits per heavy atom. The molecular weight excluding hydrogens is 368 g/mol. The number of hydrogen-bond donors (Lipinski definition) is 0. The molecule has 2 aliphatic heterocycles. The van der Waals surface area contributed by atoms with Crippen LogP contribution >= 0.6 is 0 Å². The van der Waals surface area contributed by atoms with Crippen molar-refractivity contribution in [1.82, 2.24) is 19.8 Å². The van der Waals surface area contributed by atoms with Crippen LogP contribution in [-0.2, 0) is 9.53 Å². The van der Waals surface area contributed by atoms with Crippen molar-refractivity contribution in [3.05, 3.63) is 42.4 Å². The highest BCUT2D eigenvalue weighted by atomic mass is 16.5. The van der Waals surface area contributed by atoms with E-state index in [1.807, 2.05) is 29.2 Å². The predicted octanol–water partition coefficient (Wildman–Crippen LogP) is 2.54. The highest BCUT2D eigenvalue weighted by Gasteiger charge is 2.27. The number of morpholine rings is 1. The van der Waals surface area contributed by atoms with Gasteiger partial charge >= 0.3 is 0 Å². The standard InChI is InChI=1S/C22H28N4O3/c1-28-18-7-5-6-17(12-18)19-13-23-14-20(24-19)21-15-25(10-11-29-21)16-22(27)26-8-3-2-4-9-26/h5-7,12-14,21H,2-4,8-11,15-16H2,1H3/t21-/m0/s1. The van der Waals surface area contributed by atoms with Gasteiger partial charge in [0.15, 0.2) is 0 Å². The van der Waals surface area contributed by atoms with Gasteiger partial charge in [-0.25, -0.2) is 4.98 Å². The Morgan fingerprint density at radius 2 is 2.07 bits per heavy atom. The summed E-state index contributed by atoms with van der Waals surface area (Å²) in [5, 5.41) is 0. The molecule has 0 unspecified atom stereocenters. The number of piperidine rings is 1. The van der Waals surface area contributed by atoms with Gasteiger partial charge in [0, 0.05) is 31.7 Å². The van der Waals surface area contributed by atoms with E-state index in [0.29, 0.717) is 19.7 Å². The Kier molecular flexibility index (Phi) is 6.36. The zero-order valence-electron chi connectivity index (χ0n) is 16.9. The highest BCUT2D eigenvalue weighted by molar-refractivity contribution is 5.78. The van der Waals surface area contributed by atoms with Gasteiger partial charge in [0.25, 0.3) is 0 Å². The smallest absolute Gasteiger partial charge is 0.236 e. The van der Waals surface area contributed by atoms with Crippen LogP contribution in [0.5, 0.6) is 5.75 Å². The molecule has 7 heteroatoms. The molecule has 0 bridgehead atoms. The van der Waals surface area contributed by atoms with Crippen molar-refractivity contribution in [1.29, 1.82) is 0 Å². The van der Waals surface area contributed by atoms with Crippen molar-refractivity contribution in [2.75, 3.05) is 46.4 Å². The minimum Gasteiger partial charge on any atom is -0.497 e. The fourth-order valence-corrected chi connectivity index (χ4v) is 3.92. The van der Waals surface area contributed by atoms with Crippen molar-refractivity contribution in [3.63, 3.8) is 0 Å². The molecule has 0 saturated carbocycles. The fourth-order valence-electron chi connectivity index (χ4n) is 3.92. The Bertz CT molecular complexity index is 838. The minimum absolute atomic E-state index is 0.184. The first-order chi connectivity index (χ1) is 14.2. The molecule has 0 radical (unpaired) electrons. The zero-order valence-corrected chi connectivity index (χ0v) is 16.9. The second kappa shape index (κ2) is 9.33. The number of methoxy groups -OCH3 is 1. The minimum atomic E-state index is -0.184. The molecule has 0 N–H and O–H groups in total. The third kappa shape index (κ3) is 4.92. The van der Waals surface area contributed by atoms with Crippen LogP contribution in [0.3, 0.4) is 0 Å². The molecule has 2 aromatic rings. The summed E-state index contributed by atoms with van der Waals surface area (Å²) in [5.41, 5.74) is 2.53. The number of carbonyl (C=O) groups is 1. The molecular formula is C22H28N4O3. The summed E-state index contributed by atoms with van der Waals surface area (Å²) < 4.78 is 11.3. The highest BCUT2D eigenvalue weighted by Crippen LogP contribution is 2.25. The second-order valence-electron chi connectivity index (χ2n) is 7.60. The van der Waals surface area contributed by atoms with Crippen molar-refractivity contribution in [3.8, 4) is 17.0 Å². The van der Waals surface area contributed by atoms with Crippen LogP contribution in [0.2, 0.25) is 0 Å². The molecule has 2 saturated heterocycles. The van der Waals surface area contributed by atoms with E-state index in [9.17, 15) is 4.79 Å². The summed E-state index contributed by atoms with van der Waals surface area (Å²) in [6.45, 7) is 4.22. The van der Waals surface area contributed by atoms with E-state index >= 15 is 0 Å². The molecule has 2 aliphatic rings. The van der Waals surface area contributed by atoms with Crippen LogP contribution in [0.1, 0.15) is 31.1 Å². The molecule has 1 amide bonds. The van der Waals surface area contributed by atoms with E-state index in [1.54, 1.807) is 19.5 Å². The normalized spacial score (nSPS) is 20.4. The van der Waals surface area contributed by atoms with Gasteiger partial charge in [0.1, 0.15) is 11.9 Å². The lowest BCUT2D eigenvalue weighted by Gasteiger charge is -2.34. The largest absolute Gasteiger partial charge is 0.497 e. The molecule has 1 aromatic carbocycles. The maximum absolute atomic E-state index is 12.6. The van der Waals surface area contributed by atoms with Gasteiger partial charge in [0.2, 0.25) is 5.91 Å². The summed E-state index contributed by atoms with van der Waals surface area (Å²) >= 11 is 0. The van der Waals surface area contributed by atoms with Gasteiger partial charge in [-0.1, -0.05) is 12.1 Å². The lowest BCUT2D eigenvalue weighted by molar-refractivity contribution is -0.135. The maximum Gasteiger partial charge on any atom is 0.236 e. The average Bonchev–Trinajstić information content (AvgIpc) is 2.80. The number of carbonyl (C=O) groups excluding carboxylic acids is 1. The van der Waals surface area contributed by atoms with Crippen LogP contribution in [0.4, 0.5) is 0 Å². The zero-order chi connectivity index (χ0) is 20.1. The Morgan fingerprint density at radius 3 is 2.90 bits per heavy atom. The molecule has 2 fully saturated rings. The first-order valence-corrected chi connectivity index (χ1v) is 10.3. The lowest BCUT2D eigenvalue weighted by Crippen LogP contribution is -2.46. The number of hydrogen-bond acceptors (Lipinski definition) is 6. The van der Waals surface area contributed by atoms with Gasteiger partial charge in [-0.05, 0) is 31.4 Å². The van der Waals surface area contributed by atoms with Crippen LogP contribution in [0.15, 0.2) is 36.7 Å². The van der Waals surface area contributed by atoms with Crippen molar-refractivity contribution in [2.24, 2.45) is 0 Å². The van der Waals surface area contributed by atoms with E-state index in [-0.39, 0.29) is 12.0 Å². The summed E-state index contributed by atoms with van der Waals surface area (Å²) in [5.74, 6) is 1.01. The van der Waals surface area contributed by atoms with E-state index in [0.717, 1.165) is 55.2 Å². The van der Waals surface area contributed by atoms with E-state index in [4.69, 9.17) is 14.5 Å². The third-order valence-corrected chi connectivity index (χ3v) is 5.57. The first-order valence-electron chi connectivity index (χ1n) is 10.3. The van der Waals surface area contributed by atoms with Crippen LogP contribution in [-0.4, -0.2) is 72.1 Å². The molecule has 7 nitrogen and oxygen atoms in total. The summed E-state index contributed by atoms with van der Waals surface area (Å²) in [6.07, 6.45) is 6.78. The first kappa shape index (κ1) is 19.8. The summed E-state index contributed by atoms with van der Waals surface area (Å²) in [6, 6.07) is 7.77. The topological polar surface area (TPSA) is 67.8 Å². The molecule has 29 heavy (non-hydrogen) atoms. The molecule has 4 rings (SSSR count). The van der Waals surface area contributed by atoms with Gasteiger partial charge < -0.3 is 14.4 Å². The third-order valence-electron chi connectivity index (χ3n) is 5.57. The number of likely N-dealkylation sites (tertiary alicyclic amines) is 1. The van der Waals surface area contributed by atoms with Crippen molar-refractivity contribution in [2.45, 2.75) is 25.4 Å². The molecule has 1 atom stereocenters. The number of ether oxygens (including phenoxy) is 2.